The molecule has 0 atom stereocenters. The highest BCUT2D eigenvalue weighted by atomic mass is 79.9. The smallest absolute Gasteiger partial charge is 0.308 e. The fraction of sp³-hybridized carbons (Fsp3) is 0.161. The number of aryl methyl sites for hydroxylation is 1. The number of carbonyl (C=O) groups is 2. The summed E-state index contributed by atoms with van der Waals surface area (Å²) in [7, 11) is 1.61. The maximum absolute atomic E-state index is 14.9. The van der Waals surface area contributed by atoms with Crippen LogP contribution in [0, 0.1) is 5.82 Å². The van der Waals surface area contributed by atoms with E-state index in [1.54, 1.807) is 54.2 Å². The van der Waals surface area contributed by atoms with Gasteiger partial charge in [-0.15, -0.1) is 0 Å². The highest BCUT2D eigenvalue weighted by molar-refractivity contribution is 9.10. The number of allylic oxidation sites excluding steroid dienone is 3. The van der Waals surface area contributed by atoms with Crippen molar-refractivity contribution < 1.29 is 14.0 Å². The number of aromatic nitrogens is 2. The van der Waals surface area contributed by atoms with Gasteiger partial charge in [-0.2, -0.15) is 0 Å². The Labute approximate surface area is 249 Å². The maximum Gasteiger partial charge on any atom is 0.327 e. The normalized spacial score (nSPS) is 12.5. The Morgan fingerprint density at radius 3 is 2.55 bits per heavy atom. The number of hydrogen-bond acceptors (Lipinski definition) is 4. The Morgan fingerprint density at radius 1 is 1.05 bits per heavy atom. The number of nitrogens with one attached hydrogen (secondary N) is 3. The number of fused-ring (bicyclic) bond motifs is 1. The summed E-state index contributed by atoms with van der Waals surface area (Å²) in [6.07, 6.45) is 9.21. The van der Waals surface area contributed by atoms with Crippen LogP contribution in [0.4, 0.5) is 31.2 Å². The maximum atomic E-state index is 14.9. The highest BCUT2D eigenvalue weighted by Gasteiger charge is 2.19. The van der Waals surface area contributed by atoms with E-state index in [0.717, 1.165) is 18.5 Å². The van der Waals surface area contributed by atoms with Gasteiger partial charge in [0, 0.05) is 58.2 Å². The van der Waals surface area contributed by atoms with Gasteiger partial charge in [0.2, 0.25) is 0 Å². The minimum atomic E-state index is -0.669. The number of nitrogens with zero attached hydrogens (tertiary/aromatic N) is 3. The topological polar surface area (TPSA) is 108 Å². The van der Waals surface area contributed by atoms with Crippen molar-refractivity contribution >= 4 is 56.1 Å². The largest absolute Gasteiger partial charge is 0.327 e. The molecule has 0 saturated carbocycles. The van der Waals surface area contributed by atoms with E-state index in [2.05, 4.69) is 36.9 Å². The minimum Gasteiger partial charge on any atom is -0.308 e. The van der Waals surface area contributed by atoms with Crippen molar-refractivity contribution in [1.82, 2.24) is 14.9 Å². The molecule has 0 radical (unpaired) electrons. The summed E-state index contributed by atoms with van der Waals surface area (Å²) in [5.41, 5.74) is 2.14. The molecule has 0 spiro atoms. The molecule has 4 amide bonds. The predicted molar refractivity (Wildman–Crippen MR) is 167 cm³/mol. The average Bonchev–Trinajstić information content (AvgIpc) is 2.99. The molecule has 3 N–H and O–H groups in total. The summed E-state index contributed by atoms with van der Waals surface area (Å²) < 4.78 is 16.8. The van der Waals surface area contributed by atoms with Crippen LogP contribution >= 0.6 is 15.9 Å². The quantitative estimate of drug-likeness (QED) is 0.213. The van der Waals surface area contributed by atoms with Crippen molar-refractivity contribution in [1.29, 1.82) is 0 Å². The number of halogens is 2. The van der Waals surface area contributed by atoms with Gasteiger partial charge in [-0.05, 0) is 56.2 Å². The number of urea groups is 2. The molecule has 1 aliphatic rings. The first-order chi connectivity index (χ1) is 20.2. The molecule has 5 rings (SSSR count). The molecule has 11 heteroatoms. The van der Waals surface area contributed by atoms with E-state index in [-0.39, 0.29) is 17.3 Å². The molecule has 1 aliphatic carbocycles. The lowest BCUT2D eigenvalue weighted by atomic mass is 10.0. The van der Waals surface area contributed by atoms with E-state index in [1.165, 1.54) is 17.0 Å². The summed E-state index contributed by atoms with van der Waals surface area (Å²) in [4.78, 5) is 45.0. The zero-order valence-corrected chi connectivity index (χ0v) is 24.5. The number of hydrogen-bond donors (Lipinski definition) is 3. The van der Waals surface area contributed by atoms with Crippen LogP contribution in [-0.2, 0) is 6.54 Å². The Hall–Kier alpha value is -4.77. The summed E-state index contributed by atoms with van der Waals surface area (Å²) in [5.74, 6) is -0.300. The van der Waals surface area contributed by atoms with E-state index in [4.69, 9.17) is 0 Å². The molecule has 214 valence electrons. The Balaban J connectivity index is 1.47. The van der Waals surface area contributed by atoms with Gasteiger partial charge >= 0.3 is 12.1 Å². The van der Waals surface area contributed by atoms with Crippen LogP contribution in [0.1, 0.15) is 19.8 Å². The van der Waals surface area contributed by atoms with Gasteiger partial charge in [0.1, 0.15) is 11.6 Å². The van der Waals surface area contributed by atoms with Crippen molar-refractivity contribution in [2.75, 3.05) is 22.6 Å². The fourth-order valence-electron chi connectivity index (χ4n) is 4.63. The molecule has 0 saturated heterocycles. The van der Waals surface area contributed by atoms with Crippen LogP contribution in [-0.4, -0.2) is 28.7 Å². The second kappa shape index (κ2) is 12.4. The zero-order valence-electron chi connectivity index (χ0n) is 22.9. The van der Waals surface area contributed by atoms with E-state index in [0.29, 0.717) is 44.6 Å². The lowest BCUT2D eigenvalue weighted by molar-refractivity contribution is 0.250. The Morgan fingerprint density at radius 2 is 1.83 bits per heavy atom. The van der Waals surface area contributed by atoms with Crippen LogP contribution in [0.5, 0.6) is 0 Å². The second-order valence-electron chi connectivity index (χ2n) is 9.59. The van der Waals surface area contributed by atoms with Crippen molar-refractivity contribution in [3.05, 3.63) is 105 Å². The third-order valence-electron chi connectivity index (χ3n) is 6.80. The van der Waals surface area contributed by atoms with Gasteiger partial charge in [0.05, 0.1) is 11.2 Å². The molecule has 4 aromatic rings. The standard InChI is InChI=1S/C31H28BrFN6O3/c1-3-39-27-17-28(38(2)31(42)36-21-12-8-5-9-13-21)34-18-19(27)14-23(29(39)40)22-15-26(25(33)16-24(22)32)37-30(41)35-20-10-6-4-7-11-20/h4,6-8,10-18H,3,5,9H2,1-2H3,(H,36,42)(H2,35,37,41). The molecular formula is C31H28BrFN6O3. The zero-order chi connectivity index (χ0) is 29.8. The summed E-state index contributed by atoms with van der Waals surface area (Å²) in [5, 5.41) is 8.68. The molecule has 42 heavy (non-hydrogen) atoms. The Bertz CT molecular complexity index is 1800. The lowest BCUT2D eigenvalue weighted by Gasteiger charge is -2.20. The predicted octanol–water partition coefficient (Wildman–Crippen LogP) is 7.01. The summed E-state index contributed by atoms with van der Waals surface area (Å²) in [6, 6.07) is 13.8. The van der Waals surface area contributed by atoms with Crippen LogP contribution in [0.15, 0.2) is 94.0 Å². The molecule has 0 unspecified atom stereocenters. The number of para-hydroxylation sites is 1. The molecule has 0 fully saturated rings. The number of pyridine rings is 2. The van der Waals surface area contributed by atoms with Gasteiger partial charge in [0.15, 0.2) is 0 Å². The number of anilines is 3. The molecular weight excluding hydrogens is 603 g/mol. The summed E-state index contributed by atoms with van der Waals surface area (Å²) in [6.45, 7) is 2.17. The van der Waals surface area contributed by atoms with Crippen LogP contribution in [0.25, 0.3) is 22.0 Å². The number of rotatable bonds is 6. The number of carbonyl (C=O) groups excluding carboxylic acids is 2. The van der Waals surface area contributed by atoms with Crippen LogP contribution in [0.3, 0.4) is 0 Å². The van der Waals surface area contributed by atoms with E-state index >= 15 is 0 Å². The summed E-state index contributed by atoms with van der Waals surface area (Å²) >= 11 is 3.38. The van der Waals surface area contributed by atoms with Crippen molar-refractivity contribution in [3.63, 3.8) is 0 Å². The van der Waals surface area contributed by atoms with Gasteiger partial charge < -0.3 is 20.5 Å². The molecule has 2 aromatic heterocycles. The highest BCUT2D eigenvalue weighted by Crippen LogP contribution is 2.33. The van der Waals surface area contributed by atoms with Gasteiger partial charge in [-0.25, -0.2) is 19.0 Å². The van der Waals surface area contributed by atoms with Gasteiger partial charge in [-0.3, -0.25) is 9.69 Å². The average molecular weight is 632 g/mol. The molecule has 0 aliphatic heterocycles. The first-order valence-corrected chi connectivity index (χ1v) is 14.1. The number of amides is 4. The van der Waals surface area contributed by atoms with Gasteiger partial charge in [-0.1, -0.05) is 46.3 Å². The third kappa shape index (κ3) is 6.10. The van der Waals surface area contributed by atoms with Crippen molar-refractivity contribution in [2.45, 2.75) is 26.3 Å². The van der Waals surface area contributed by atoms with Crippen LogP contribution in [0.2, 0.25) is 0 Å². The van der Waals surface area contributed by atoms with Crippen LogP contribution < -0.4 is 26.4 Å². The second-order valence-corrected chi connectivity index (χ2v) is 10.4. The Kier molecular flexibility index (Phi) is 8.48. The molecule has 9 nitrogen and oxygen atoms in total. The minimum absolute atomic E-state index is 0.0896. The molecule has 0 bridgehead atoms. The third-order valence-corrected chi connectivity index (χ3v) is 7.46. The molecule has 2 heterocycles. The number of benzene rings is 2. The first-order valence-electron chi connectivity index (χ1n) is 13.3. The first kappa shape index (κ1) is 28.7. The SMILES string of the molecule is CCn1c(=O)c(-c2cc(NC(=O)Nc3ccccc3)c(F)cc2Br)cc2cnc(N(C)C(=O)NC3=CCCC=C3)cc21. The van der Waals surface area contributed by atoms with E-state index in [9.17, 15) is 18.8 Å². The van der Waals surface area contributed by atoms with Crippen molar-refractivity contribution in [2.24, 2.45) is 0 Å². The lowest BCUT2D eigenvalue weighted by Crippen LogP contribution is -2.37. The monoisotopic (exact) mass is 630 g/mol. The fourth-order valence-corrected chi connectivity index (χ4v) is 5.16. The molecule has 2 aromatic carbocycles. The van der Waals surface area contributed by atoms with Gasteiger partial charge in [0.25, 0.3) is 5.56 Å². The van der Waals surface area contributed by atoms with E-state index < -0.39 is 11.8 Å². The van der Waals surface area contributed by atoms with E-state index in [1.807, 2.05) is 31.2 Å². The van der Waals surface area contributed by atoms with Crippen molar-refractivity contribution in [3.8, 4) is 11.1 Å².